The van der Waals surface area contributed by atoms with Gasteiger partial charge in [-0.1, -0.05) is 124 Å². The summed E-state index contributed by atoms with van der Waals surface area (Å²) in [6, 6.07) is 0. The summed E-state index contributed by atoms with van der Waals surface area (Å²) in [7, 11) is 0. The molecule has 0 aromatic carbocycles. The van der Waals surface area contributed by atoms with Crippen molar-refractivity contribution in [2.45, 2.75) is 208 Å². The zero-order valence-corrected chi connectivity index (χ0v) is 33.0. The van der Waals surface area contributed by atoms with Crippen molar-refractivity contribution in [1.29, 1.82) is 0 Å². The van der Waals surface area contributed by atoms with Crippen LogP contribution in [0.5, 0.6) is 0 Å². The number of rotatable bonds is 22. The van der Waals surface area contributed by atoms with Crippen molar-refractivity contribution < 1.29 is 19.7 Å². The highest BCUT2D eigenvalue weighted by Gasteiger charge is 2.59. The van der Waals surface area contributed by atoms with Crippen molar-refractivity contribution in [2.75, 3.05) is 0 Å². The van der Waals surface area contributed by atoms with Gasteiger partial charge in [0.2, 0.25) is 0 Å². The van der Waals surface area contributed by atoms with Gasteiger partial charge in [-0.3, -0.25) is 4.79 Å². The molecule has 0 aromatic rings. The third kappa shape index (κ3) is 11.1. The highest BCUT2D eigenvalue weighted by molar-refractivity contribution is 5.69. The number of carbonyl (C=O) groups excluding carboxylic acids is 1. The molecule has 4 heteroatoms. The van der Waals surface area contributed by atoms with Gasteiger partial charge in [-0.15, -0.1) is 0 Å². The normalized spacial score (nSPS) is 31.9. The first-order chi connectivity index (χ1) is 23.6. The summed E-state index contributed by atoms with van der Waals surface area (Å²) in [4.78, 5) is 17.5. The number of unbranched alkanes of at least 4 members (excludes halogenated alkanes) is 10. The minimum Gasteiger partial charge on any atom is -0.462 e. The van der Waals surface area contributed by atoms with Crippen molar-refractivity contribution in [3.63, 3.8) is 0 Å². The third-order valence-corrected chi connectivity index (χ3v) is 14.4. The Kier molecular flexibility index (Phi) is 16.6. The average Bonchev–Trinajstić information content (AvgIpc) is 3.43. The molecule has 0 bridgehead atoms. The molecule has 4 rings (SSSR count). The molecular formula is C45H78O4. The highest BCUT2D eigenvalue weighted by atomic mass is 17.1. The molecule has 1 N–H and O–H groups in total. The second-order valence-corrected chi connectivity index (χ2v) is 18.2. The van der Waals surface area contributed by atoms with Crippen molar-refractivity contribution in [3.05, 3.63) is 23.5 Å². The van der Waals surface area contributed by atoms with Crippen molar-refractivity contribution in [2.24, 2.45) is 46.3 Å². The predicted molar refractivity (Wildman–Crippen MR) is 205 cm³/mol. The van der Waals surface area contributed by atoms with Crippen LogP contribution in [-0.2, 0) is 14.4 Å². The Bertz CT molecular complexity index is 1040. The lowest BCUT2D eigenvalue weighted by atomic mass is 9.47. The van der Waals surface area contributed by atoms with Crippen molar-refractivity contribution in [3.8, 4) is 0 Å². The number of hydrogen-bond donors (Lipinski definition) is 1. The molecule has 0 unspecified atom stereocenters. The topological polar surface area (TPSA) is 55.8 Å². The van der Waals surface area contributed by atoms with Crippen LogP contribution in [0.2, 0.25) is 0 Å². The Labute approximate surface area is 303 Å². The molecule has 3 fully saturated rings. The Morgan fingerprint density at radius 1 is 0.857 bits per heavy atom. The van der Waals surface area contributed by atoms with Gasteiger partial charge < -0.3 is 9.62 Å². The lowest BCUT2D eigenvalue weighted by Gasteiger charge is -2.58. The van der Waals surface area contributed by atoms with Crippen LogP contribution in [0, 0.1) is 46.3 Å². The molecule has 0 saturated heterocycles. The zero-order valence-electron chi connectivity index (χ0n) is 33.0. The van der Waals surface area contributed by atoms with E-state index in [0.717, 1.165) is 99.1 Å². The first-order valence-corrected chi connectivity index (χ1v) is 21.5. The number of carbonyl (C=O) groups is 1. The Morgan fingerprint density at radius 3 is 2.31 bits per heavy atom. The SMILES string of the molecule is CCCCCCCC/C=C(\CCCCCCCC(=O)O[C@H]1CC[C@@]2(C)C(=CC[C@H]3[C@@H]4CC[C@H]([C@H](C)CCCC(C)C)[C@@]4(C)CC[C@@H]32)C1)OO. The molecule has 3 saturated carbocycles. The van der Waals surface area contributed by atoms with E-state index in [1.54, 1.807) is 5.57 Å². The number of esters is 1. The molecule has 8 atom stereocenters. The fourth-order valence-corrected chi connectivity index (χ4v) is 11.5. The van der Waals surface area contributed by atoms with E-state index in [1.165, 1.54) is 96.3 Å². The zero-order chi connectivity index (χ0) is 35.3. The summed E-state index contributed by atoms with van der Waals surface area (Å²) in [5, 5.41) is 9.24. The Balaban J connectivity index is 1.13. The van der Waals surface area contributed by atoms with E-state index in [1.807, 2.05) is 0 Å². The van der Waals surface area contributed by atoms with E-state index in [9.17, 15) is 10.1 Å². The van der Waals surface area contributed by atoms with E-state index in [0.29, 0.717) is 17.3 Å². The molecule has 0 radical (unpaired) electrons. The predicted octanol–water partition coefficient (Wildman–Crippen LogP) is 13.8. The summed E-state index contributed by atoms with van der Waals surface area (Å²) in [5.41, 5.74) is 2.46. The summed E-state index contributed by atoms with van der Waals surface area (Å²) >= 11 is 0. The van der Waals surface area contributed by atoms with E-state index in [2.05, 4.69) is 58.6 Å². The van der Waals surface area contributed by atoms with Crippen LogP contribution in [0.1, 0.15) is 202 Å². The number of fused-ring (bicyclic) bond motifs is 5. The molecule has 4 aliphatic rings. The number of ether oxygens (including phenoxy) is 1. The molecule has 4 nitrogen and oxygen atoms in total. The van der Waals surface area contributed by atoms with Gasteiger partial charge in [0.05, 0.1) is 0 Å². The van der Waals surface area contributed by atoms with Crippen LogP contribution in [0.4, 0.5) is 0 Å². The standard InChI is InChI=1S/C45H78O4/c1-7-8-9-10-11-13-16-22-37(49-47)23-17-14-12-15-18-24-43(46)48-38-29-31-44(5)36(33-38)25-26-39-41-28-27-40(35(4)21-19-20-34(2)3)45(41,6)32-30-42(39)44/h22,25,34-35,38-42,47H,7-21,23-24,26-33H2,1-6H3/b37-22+/t35-,38+,39+,40-,41+,42+,44+,45-/m1/s1. The molecule has 0 amide bonds. The van der Waals surface area contributed by atoms with Crippen molar-refractivity contribution in [1.82, 2.24) is 0 Å². The maximum Gasteiger partial charge on any atom is 0.306 e. The summed E-state index contributed by atoms with van der Waals surface area (Å²) in [5.74, 6) is 5.88. The highest BCUT2D eigenvalue weighted by Crippen LogP contribution is 2.67. The number of hydrogen-bond acceptors (Lipinski definition) is 4. The molecule has 0 aliphatic heterocycles. The summed E-state index contributed by atoms with van der Waals surface area (Å²) in [6.45, 7) is 14.8. The monoisotopic (exact) mass is 683 g/mol. The molecular weight excluding hydrogens is 604 g/mol. The lowest BCUT2D eigenvalue weighted by Crippen LogP contribution is -2.51. The van der Waals surface area contributed by atoms with Gasteiger partial charge in [0.15, 0.2) is 0 Å². The summed E-state index contributed by atoms with van der Waals surface area (Å²) in [6.07, 6.45) is 34.3. The average molecular weight is 683 g/mol. The maximum absolute atomic E-state index is 12.8. The Hall–Kier alpha value is -1.29. The van der Waals surface area contributed by atoms with Crippen LogP contribution < -0.4 is 0 Å². The minimum absolute atomic E-state index is 0.00410. The van der Waals surface area contributed by atoms with Gasteiger partial charge in [0.1, 0.15) is 11.9 Å². The molecule has 0 aromatic heterocycles. The Morgan fingerprint density at radius 2 is 1.57 bits per heavy atom. The summed E-state index contributed by atoms with van der Waals surface area (Å²) < 4.78 is 6.11. The molecule has 282 valence electrons. The van der Waals surface area contributed by atoms with E-state index in [-0.39, 0.29) is 12.1 Å². The molecule has 0 spiro atoms. The largest absolute Gasteiger partial charge is 0.462 e. The second-order valence-electron chi connectivity index (χ2n) is 18.2. The number of allylic oxidation sites excluding steroid dienone is 3. The van der Waals surface area contributed by atoms with Crippen molar-refractivity contribution >= 4 is 5.97 Å². The first-order valence-electron chi connectivity index (χ1n) is 21.5. The lowest BCUT2D eigenvalue weighted by molar-refractivity contribution is -0.206. The van der Waals surface area contributed by atoms with Crippen LogP contribution in [0.25, 0.3) is 0 Å². The third-order valence-electron chi connectivity index (χ3n) is 14.4. The van der Waals surface area contributed by atoms with Crippen LogP contribution in [-0.4, -0.2) is 17.3 Å². The van der Waals surface area contributed by atoms with Crippen LogP contribution in [0.15, 0.2) is 23.5 Å². The minimum atomic E-state index is 0.00410. The molecule has 0 heterocycles. The molecule has 4 aliphatic carbocycles. The maximum atomic E-state index is 12.8. The van der Waals surface area contributed by atoms with E-state index >= 15 is 0 Å². The smallest absolute Gasteiger partial charge is 0.306 e. The van der Waals surface area contributed by atoms with Gasteiger partial charge >= 0.3 is 5.97 Å². The quantitative estimate of drug-likeness (QED) is 0.0308. The van der Waals surface area contributed by atoms with Gasteiger partial charge in [-0.05, 0) is 123 Å². The van der Waals surface area contributed by atoms with Gasteiger partial charge in [0.25, 0.3) is 0 Å². The van der Waals surface area contributed by atoms with E-state index < -0.39 is 0 Å². The molecule has 49 heavy (non-hydrogen) atoms. The fraction of sp³-hybridized carbons (Fsp3) is 0.889. The van der Waals surface area contributed by atoms with Crippen LogP contribution in [0.3, 0.4) is 0 Å². The fourth-order valence-electron chi connectivity index (χ4n) is 11.5. The second kappa shape index (κ2) is 20.1. The van der Waals surface area contributed by atoms with Gasteiger partial charge in [-0.25, -0.2) is 5.26 Å². The van der Waals surface area contributed by atoms with Gasteiger partial charge in [0, 0.05) is 19.3 Å². The first kappa shape index (κ1) is 40.5. The van der Waals surface area contributed by atoms with E-state index in [4.69, 9.17) is 4.74 Å². The van der Waals surface area contributed by atoms with Crippen LogP contribution >= 0.6 is 0 Å². The van der Waals surface area contributed by atoms with Gasteiger partial charge in [-0.2, -0.15) is 0 Å².